The van der Waals surface area contributed by atoms with Gasteiger partial charge in [-0.05, 0) is 20.3 Å². The summed E-state index contributed by atoms with van der Waals surface area (Å²) in [5, 5.41) is 0. The minimum Gasteiger partial charge on any atom is -0.359 e. The van der Waals surface area contributed by atoms with Gasteiger partial charge >= 0.3 is 0 Å². The molecule has 19 heavy (non-hydrogen) atoms. The Labute approximate surface area is 122 Å². The van der Waals surface area contributed by atoms with Crippen LogP contribution in [0.4, 0.5) is 0 Å². The number of ether oxygens (including phenoxy) is 4. The fraction of sp³-hybridized carbons (Fsp3) is 0.857. The Hall–Kier alpha value is -0.130. The van der Waals surface area contributed by atoms with Crippen LogP contribution in [-0.2, 0) is 18.9 Å². The zero-order chi connectivity index (χ0) is 14.6. The molecule has 0 aliphatic rings. The second-order valence-electron chi connectivity index (χ2n) is 4.61. The van der Waals surface area contributed by atoms with E-state index >= 15 is 0 Å². The van der Waals surface area contributed by atoms with Crippen LogP contribution in [0.1, 0.15) is 27.2 Å². The number of alkyl halides is 1. The van der Waals surface area contributed by atoms with E-state index in [-0.39, 0.29) is 11.7 Å². The van der Waals surface area contributed by atoms with Gasteiger partial charge in [0, 0.05) is 25.0 Å². The van der Waals surface area contributed by atoms with Gasteiger partial charge in [0.15, 0.2) is 6.29 Å². The van der Waals surface area contributed by atoms with Gasteiger partial charge in [0.1, 0.15) is 6.79 Å². The van der Waals surface area contributed by atoms with Gasteiger partial charge in [0.2, 0.25) is 0 Å². The lowest BCUT2D eigenvalue weighted by molar-refractivity contribution is -0.133. The van der Waals surface area contributed by atoms with Crippen molar-refractivity contribution in [3.05, 3.63) is 12.2 Å². The second kappa shape index (κ2) is 11.7. The molecular formula is C14H27ClO4. The fourth-order valence-corrected chi connectivity index (χ4v) is 1.72. The third-order valence-electron chi connectivity index (χ3n) is 2.67. The second-order valence-corrected chi connectivity index (χ2v) is 4.92. The molecule has 0 saturated carbocycles. The predicted octanol–water partition coefficient (Wildman–Crippen LogP) is 3.20. The van der Waals surface area contributed by atoms with Crippen molar-refractivity contribution in [1.29, 1.82) is 0 Å². The summed E-state index contributed by atoms with van der Waals surface area (Å²) in [5.41, 5.74) is -0.112. The quantitative estimate of drug-likeness (QED) is 0.240. The van der Waals surface area contributed by atoms with Crippen molar-refractivity contribution in [2.45, 2.75) is 33.5 Å². The molecule has 0 saturated heterocycles. The van der Waals surface area contributed by atoms with Gasteiger partial charge in [-0.15, -0.1) is 11.6 Å². The molecule has 0 aromatic heterocycles. The highest BCUT2D eigenvalue weighted by Crippen LogP contribution is 2.24. The zero-order valence-electron chi connectivity index (χ0n) is 12.5. The van der Waals surface area contributed by atoms with Gasteiger partial charge < -0.3 is 18.9 Å². The molecule has 0 aliphatic carbocycles. The van der Waals surface area contributed by atoms with E-state index in [1.807, 2.05) is 19.9 Å². The molecular weight excluding hydrogens is 268 g/mol. The number of halogens is 1. The van der Waals surface area contributed by atoms with Crippen LogP contribution in [0, 0.1) is 5.41 Å². The van der Waals surface area contributed by atoms with Crippen LogP contribution in [0.25, 0.3) is 0 Å². The van der Waals surface area contributed by atoms with Crippen LogP contribution in [-0.4, -0.2) is 45.9 Å². The Morgan fingerprint density at radius 2 is 2.05 bits per heavy atom. The monoisotopic (exact) mass is 294 g/mol. The maximum absolute atomic E-state index is 5.69. The normalized spacial score (nSPS) is 16.7. The van der Waals surface area contributed by atoms with Crippen molar-refractivity contribution in [3.63, 3.8) is 0 Å². The lowest BCUT2D eigenvalue weighted by Gasteiger charge is -2.26. The highest BCUT2D eigenvalue weighted by molar-refractivity contribution is 6.18. The van der Waals surface area contributed by atoms with Crippen molar-refractivity contribution in [2.75, 3.05) is 39.6 Å². The van der Waals surface area contributed by atoms with E-state index in [1.54, 1.807) is 7.11 Å². The molecule has 2 atom stereocenters. The molecule has 1 unspecified atom stereocenters. The Balaban J connectivity index is 4.14. The molecule has 5 heteroatoms. The number of methoxy groups -OCH3 is 1. The van der Waals surface area contributed by atoms with Crippen LogP contribution < -0.4 is 0 Å². The third-order valence-corrected chi connectivity index (χ3v) is 2.85. The molecule has 0 amide bonds. The van der Waals surface area contributed by atoms with Gasteiger partial charge in [-0.25, -0.2) is 0 Å². The van der Waals surface area contributed by atoms with Crippen LogP contribution in [0.15, 0.2) is 12.2 Å². The van der Waals surface area contributed by atoms with Crippen LogP contribution in [0.2, 0.25) is 0 Å². The van der Waals surface area contributed by atoms with E-state index in [0.717, 1.165) is 6.42 Å². The van der Waals surface area contributed by atoms with E-state index in [2.05, 4.69) is 13.0 Å². The lowest BCUT2D eigenvalue weighted by Crippen LogP contribution is -2.25. The summed E-state index contributed by atoms with van der Waals surface area (Å²) in [7, 11) is 1.61. The van der Waals surface area contributed by atoms with Gasteiger partial charge in [-0.3, -0.25) is 0 Å². The molecule has 4 nitrogen and oxygen atoms in total. The molecule has 0 aliphatic heterocycles. The van der Waals surface area contributed by atoms with Crippen molar-refractivity contribution < 1.29 is 18.9 Å². The SMILES string of the molecule is CCOC(C)OCC[C@@](C)(/C=C/CCl)COCOC. The highest BCUT2D eigenvalue weighted by Gasteiger charge is 2.21. The average Bonchev–Trinajstić information content (AvgIpc) is 2.37. The molecule has 114 valence electrons. The summed E-state index contributed by atoms with van der Waals surface area (Å²) < 4.78 is 21.3. The molecule has 0 N–H and O–H groups in total. The first-order chi connectivity index (χ1) is 9.08. The van der Waals surface area contributed by atoms with Crippen molar-refractivity contribution >= 4 is 11.6 Å². The lowest BCUT2D eigenvalue weighted by atomic mass is 9.87. The summed E-state index contributed by atoms with van der Waals surface area (Å²) in [6.07, 6.45) is 4.67. The van der Waals surface area contributed by atoms with Crippen molar-refractivity contribution in [2.24, 2.45) is 5.41 Å². The minimum atomic E-state index is -0.175. The van der Waals surface area contributed by atoms with E-state index in [9.17, 15) is 0 Å². The number of rotatable bonds is 12. The summed E-state index contributed by atoms with van der Waals surface area (Å²) in [4.78, 5) is 0. The highest BCUT2D eigenvalue weighted by atomic mass is 35.5. The predicted molar refractivity (Wildman–Crippen MR) is 77.5 cm³/mol. The number of hydrogen-bond acceptors (Lipinski definition) is 4. The smallest absolute Gasteiger partial charge is 0.154 e. The summed E-state index contributed by atoms with van der Waals surface area (Å²) in [6, 6.07) is 0. The standard InChI is InChI=1S/C14H27ClO4/c1-5-18-13(2)19-10-8-14(3,7-6-9-15)11-17-12-16-4/h6-7,13H,5,8-12H2,1-4H3/b7-6+/t13?,14-/m1/s1. The van der Waals surface area contributed by atoms with Gasteiger partial charge in [0.25, 0.3) is 0 Å². The molecule has 0 heterocycles. The van der Waals surface area contributed by atoms with Crippen LogP contribution in [0.3, 0.4) is 0 Å². The molecule has 0 bridgehead atoms. The Morgan fingerprint density at radius 3 is 2.63 bits per heavy atom. The summed E-state index contributed by atoms with van der Waals surface area (Å²) in [5.74, 6) is 0.496. The summed E-state index contributed by atoms with van der Waals surface area (Å²) >= 11 is 5.69. The van der Waals surface area contributed by atoms with Crippen LogP contribution >= 0.6 is 11.6 Å². The zero-order valence-corrected chi connectivity index (χ0v) is 13.2. The molecule has 0 spiro atoms. The van der Waals surface area contributed by atoms with Crippen molar-refractivity contribution in [1.82, 2.24) is 0 Å². The molecule has 0 rings (SSSR count). The molecule has 0 radical (unpaired) electrons. The summed E-state index contributed by atoms with van der Waals surface area (Å²) in [6.45, 7) is 8.09. The first-order valence-corrected chi connectivity index (χ1v) is 7.15. The Kier molecular flexibility index (Phi) is 11.6. The van der Waals surface area contributed by atoms with E-state index in [1.165, 1.54) is 0 Å². The number of allylic oxidation sites excluding steroid dienone is 1. The maximum atomic E-state index is 5.69. The van der Waals surface area contributed by atoms with Gasteiger partial charge in [0.05, 0.1) is 13.2 Å². The van der Waals surface area contributed by atoms with Gasteiger partial charge in [-0.1, -0.05) is 19.1 Å². The Bertz CT molecular complexity index is 235. The topological polar surface area (TPSA) is 36.9 Å². The fourth-order valence-electron chi connectivity index (χ4n) is 1.63. The largest absolute Gasteiger partial charge is 0.359 e. The van der Waals surface area contributed by atoms with E-state index in [4.69, 9.17) is 30.5 Å². The Morgan fingerprint density at radius 1 is 1.32 bits per heavy atom. The van der Waals surface area contributed by atoms with E-state index < -0.39 is 0 Å². The van der Waals surface area contributed by atoms with E-state index in [0.29, 0.717) is 32.5 Å². The first-order valence-electron chi connectivity index (χ1n) is 6.61. The first kappa shape index (κ1) is 18.9. The number of hydrogen-bond donors (Lipinski definition) is 0. The van der Waals surface area contributed by atoms with Gasteiger partial charge in [-0.2, -0.15) is 0 Å². The van der Waals surface area contributed by atoms with Crippen LogP contribution in [0.5, 0.6) is 0 Å². The molecule has 0 aromatic carbocycles. The molecule has 0 aromatic rings. The van der Waals surface area contributed by atoms with Crippen molar-refractivity contribution in [3.8, 4) is 0 Å². The minimum absolute atomic E-state index is 0.112. The maximum Gasteiger partial charge on any atom is 0.154 e. The third kappa shape index (κ3) is 10.3. The molecule has 0 fully saturated rings. The average molecular weight is 295 g/mol.